The van der Waals surface area contributed by atoms with Crippen molar-refractivity contribution in [2.24, 2.45) is 5.84 Å². The van der Waals surface area contributed by atoms with E-state index in [1.165, 1.54) is 12.3 Å². The molecule has 0 saturated heterocycles. The van der Waals surface area contributed by atoms with Crippen molar-refractivity contribution in [1.29, 1.82) is 0 Å². The second-order valence-corrected chi connectivity index (χ2v) is 3.19. The lowest BCUT2D eigenvalue weighted by molar-refractivity contribution is 0.580. The number of nitrogens with zero attached hydrogens (tertiary/aromatic N) is 1. The predicted octanol–water partition coefficient (Wildman–Crippen LogP) is -1.44. The lowest BCUT2D eigenvalue weighted by Crippen LogP contribution is -2.30. The van der Waals surface area contributed by atoms with Gasteiger partial charge in [-0.05, 0) is 6.07 Å². The first-order valence-electron chi connectivity index (χ1n) is 2.39. The number of nitrogens with two attached hydrogens (primary N) is 1. The summed E-state index contributed by atoms with van der Waals surface area (Å²) in [7, 11) is -3.57. The molecule has 0 saturated carbocycles. The Morgan fingerprint density at radius 1 is 1.70 bits per heavy atom. The molecule has 1 rings (SSSR count). The van der Waals surface area contributed by atoms with Gasteiger partial charge in [0.05, 0.1) is 0 Å². The molecule has 1 aromatic heterocycles. The molecule has 0 bridgehead atoms. The molecule has 0 radical (unpaired) electrons. The Labute approximate surface area is 57.4 Å². The van der Waals surface area contributed by atoms with Crippen LogP contribution in [0, 0.1) is 0 Å². The van der Waals surface area contributed by atoms with Crippen molar-refractivity contribution in [3.05, 3.63) is 12.3 Å². The third-order valence-electron chi connectivity index (χ3n) is 0.906. The van der Waals surface area contributed by atoms with Gasteiger partial charge in [-0.25, -0.2) is 8.42 Å². The molecular weight excluding hydrogens is 156 g/mol. The molecule has 6 nitrogen and oxygen atoms in total. The molecule has 0 spiro atoms. The van der Waals surface area contributed by atoms with Crippen LogP contribution >= 0.6 is 0 Å². The molecule has 10 heavy (non-hydrogen) atoms. The Morgan fingerprint density at radius 3 is 2.80 bits per heavy atom. The van der Waals surface area contributed by atoms with Crippen LogP contribution in [-0.2, 0) is 10.0 Å². The average molecular weight is 162 g/mol. The van der Waals surface area contributed by atoms with Gasteiger partial charge >= 0.3 is 0 Å². The number of H-pyrrole nitrogens is 1. The number of hydrogen-bond acceptors (Lipinski definition) is 4. The number of sulfonamides is 1. The summed E-state index contributed by atoms with van der Waals surface area (Å²) in [5.41, 5.74) is 0. The zero-order valence-corrected chi connectivity index (χ0v) is 5.72. The fraction of sp³-hybridized carbons (Fsp3) is 0. The van der Waals surface area contributed by atoms with E-state index in [1.807, 2.05) is 0 Å². The maximum Gasteiger partial charge on any atom is 0.272 e. The molecule has 0 atom stereocenters. The smallest absolute Gasteiger partial charge is 0.272 e. The van der Waals surface area contributed by atoms with Crippen LogP contribution in [-0.4, -0.2) is 18.6 Å². The van der Waals surface area contributed by atoms with Crippen LogP contribution < -0.4 is 10.7 Å². The summed E-state index contributed by atoms with van der Waals surface area (Å²) < 4.78 is 21.5. The number of aromatic nitrogens is 2. The topological polar surface area (TPSA) is 101 Å². The van der Waals surface area contributed by atoms with Gasteiger partial charge in [0.2, 0.25) is 0 Å². The Bertz CT molecular complexity index is 288. The minimum absolute atomic E-state index is 0.116. The van der Waals surface area contributed by atoms with Gasteiger partial charge in [-0.3, -0.25) is 10.9 Å². The van der Waals surface area contributed by atoms with Crippen molar-refractivity contribution in [2.45, 2.75) is 5.03 Å². The van der Waals surface area contributed by atoms with Gasteiger partial charge in [-0.2, -0.15) is 5.10 Å². The normalized spacial score (nSPS) is 11.7. The number of rotatable bonds is 2. The third kappa shape index (κ3) is 1.15. The number of aromatic amines is 1. The van der Waals surface area contributed by atoms with Crippen molar-refractivity contribution in [1.82, 2.24) is 15.0 Å². The zero-order chi connectivity index (χ0) is 7.61. The molecule has 0 fully saturated rings. The van der Waals surface area contributed by atoms with Crippen molar-refractivity contribution in [3.63, 3.8) is 0 Å². The molecule has 1 heterocycles. The Kier molecular flexibility index (Phi) is 1.70. The second-order valence-electron chi connectivity index (χ2n) is 1.53. The molecule has 0 amide bonds. The minimum atomic E-state index is -3.57. The summed E-state index contributed by atoms with van der Waals surface area (Å²) in [6, 6.07) is 1.30. The fourth-order valence-corrected chi connectivity index (χ4v) is 0.998. The third-order valence-corrected chi connectivity index (χ3v) is 1.99. The number of hydrogen-bond donors (Lipinski definition) is 3. The summed E-state index contributed by atoms with van der Waals surface area (Å²) in [5.74, 6) is 4.71. The van der Waals surface area contributed by atoms with E-state index in [9.17, 15) is 8.42 Å². The van der Waals surface area contributed by atoms with E-state index in [1.54, 1.807) is 4.83 Å². The summed E-state index contributed by atoms with van der Waals surface area (Å²) in [4.78, 5) is 1.63. The van der Waals surface area contributed by atoms with E-state index in [4.69, 9.17) is 5.84 Å². The van der Waals surface area contributed by atoms with Crippen LogP contribution in [0.4, 0.5) is 0 Å². The highest BCUT2D eigenvalue weighted by molar-refractivity contribution is 7.89. The SMILES string of the molecule is NNS(=O)(=O)c1cc[nH]n1. The summed E-state index contributed by atoms with van der Waals surface area (Å²) in [6.07, 6.45) is 1.39. The van der Waals surface area contributed by atoms with Gasteiger partial charge in [0.25, 0.3) is 10.0 Å². The second kappa shape index (κ2) is 2.37. The van der Waals surface area contributed by atoms with E-state index < -0.39 is 10.0 Å². The molecule has 0 aliphatic carbocycles. The summed E-state index contributed by atoms with van der Waals surface area (Å²) >= 11 is 0. The molecule has 0 aromatic carbocycles. The molecule has 7 heteroatoms. The van der Waals surface area contributed by atoms with Gasteiger partial charge < -0.3 is 0 Å². The van der Waals surface area contributed by atoms with Gasteiger partial charge in [0.1, 0.15) is 0 Å². The van der Waals surface area contributed by atoms with E-state index in [2.05, 4.69) is 10.2 Å². The first-order chi connectivity index (χ1) is 4.67. The lowest BCUT2D eigenvalue weighted by atomic mass is 10.8. The lowest BCUT2D eigenvalue weighted by Gasteiger charge is -1.93. The average Bonchev–Trinajstić information content (AvgIpc) is 2.38. The summed E-state index contributed by atoms with van der Waals surface area (Å²) in [6.45, 7) is 0. The van der Waals surface area contributed by atoms with E-state index in [0.717, 1.165) is 0 Å². The predicted molar refractivity (Wildman–Crippen MR) is 33.1 cm³/mol. The van der Waals surface area contributed by atoms with Crippen LogP contribution in [0.3, 0.4) is 0 Å². The Balaban J connectivity index is 3.09. The van der Waals surface area contributed by atoms with E-state index in [-0.39, 0.29) is 5.03 Å². The monoisotopic (exact) mass is 162 g/mol. The minimum Gasteiger partial charge on any atom is -0.284 e. The maximum atomic E-state index is 10.7. The molecule has 0 aliphatic rings. The van der Waals surface area contributed by atoms with Crippen LogP contribution in [0.25, 0.3) is 0 Å². The van der Waals surface area contributed by atoms with Crippen LogP contribution in [0.15, 0.2) is 17.3 Å². The Hall–Kier alpha value is -0.920. The highest BCUT2D eigenvalue weighted by atomic mass is 32.2. The Morgan fingerprint density at radius 2 is 2.40 bits per heavy atom. The van der Waals surface area contributed by atoms with Crippen LogP contribution in [0.1, 0.15) is 0 Å². The summed E-state index contributed by atoms with van der Waals surface area (Å²) in [5, 5.41) is 5.63. The van der Waals surface area contributed by atoms with Crippen LogP contribution in [0.5, 0.6) is 0 Å². The highest BCUT2D eigenvalue weighted by Gasteiger charge is 2.12. The zero-order valence-electron chi connectivity index (χ0n) is 4.90. The van der Waals surface area contributed by atoms with Crippen molar-refractivity contribution >= 4 is 10.0 Å². The van der Waals surface area contributed by atoms with Gasteiger partial charge in [0.15, 0.2) is 5.03 Å². The van der Waals surface area contributed by atoms with E-state index in [0.29, 0.717) is 0 Å². The fourth-order valence-electron chi connectivity index (χ4n) is 0.457. The van der Waals surface area contributed by atoms with E-state index >= 15 is 0 Å². The van der Waals surface area contributed by atoms with Crippen LogP contribution in [0.2, 0.25) is 0 Å². The highest BCUT2D eigenvalue weighted by Crippen LogP contribution is 1.98. The molecule has 1 aromatic rings. The van der Waals surface area contributed by atoms with Gasteiger partial charge in [0, 0.05) is 6.20 Å². The van der Waals surface area contributed by atoms with Crippen molar-refractivity contribution in [3.8, 4) is 0 Å². The van der Waals surface area contributed by atoms with Gasteiger partial charge in [-0.1, -0.05) is 0 Å². The first kappa shape index (κ1) is 7.19. The maximum absolute atomic E-state index is 10.7. The molecule has 4 N–H and O–H groups in total. The molecule has 0 aliphatic heterocycles. The molecule has 0 unspecified atom stereocenters. The number of nitrogens with one attached hydrogen (secondary N) is 2. The van der Waals surface area contributed by atoms with Gasteiger partial charge in [-0.15, -0.1) is 4.83 Å². The van der Waals surface area contributed by atoms with Crippen molar-refractivity contribution < 1.29 is 8.42 Å². The van der Waals surface area contributed by atoms with Crippen molar-refractivity contribution in [2.75, 3.05) is 0 Å². The number of hydrazine groups is 1. The first-order valence-corrected chi connectivity index (χ1v) is 3.87. The standard InChI is InChI=1S/C3H6N4O2S/c4-7-10(8,9)3-1-2-5-6-3/h1-2,7H,4H2,(H,5,6). The largest absolute Gasteiger partial charge is 0.284 e. The quantitative estimate of drug-likeness (QED) is 0.366. The molecular formula is C3H6N4O2S. The molecule has 56 valence electrons.